The van der Waals surface area contributed by atoms with E-state index < -0.39 is 5.60 Å². The van der Waals surface area contributed by atoms with Crippen molar-refractivity contribution in [1.29, 1.82) is 5.26 Å². The lowest BCUT2D eigenvalue weighted by Crippen LogP contribution is -2.45. The first-order valence-corrected chi connectivity index (χ1v) is 15.0. The predicted molar refractivity (Wildman–Crippen MR) is 151 cm³/mol. The fourth-order valence-corrected chi connectivity index (χ4v) is 8.61. The number of aromatic nitrogens is 2. The maximum absolute atomic E-state index is 12.2. The SMILES string of the molecule is C[C@H]1C[C@@H]2C[C@@H](OCc3c(-c4c(Cl)cccc4Cl)noc3C3CC3)C[C@H]1[C@]2(O)c1nc2ccc(C#N)cc2s1. The van der Waals surface area contributed by atoms with Gasteiger partial charge >= 0.3 is 0 Å². The second-order valence-corrected chi connectivity index (χ2v) is 13.1. The zero-order chi connectivity index (χ0) is 26.9. The molecule has 2 aromatic carbocycles. The quantitative estimate of drug-likeness (QED) is 0.250. The highest BCUT2D eigenvalue weighted by Gasteiger charge is 2.59. The van der Waals surface area contributed by atoms with Gasteiger partial charge in [0.1, 0.15) is 22.1 Å². The second-order valence-electron chi connectivity index (χ2n) is 11.3. The molecule has 39 heavy (non-hydrogen) atoms. The van der Waals surface area contributed by atoms with Gasteiger partial charge in [0, 0.05) is 17.0 Å². The van der Waals surface area contributed by atoms with Crippen molar-refractivity contribution in [2.24, 2.45) is 17.8 Å². The van der Waals surface area contributed by atoms with Gasteiger partial charge in [-0.25, -0.2) is 4.98 Å². The Labute approximate surface area is 240 Å². The van der Waals surface area contributed by atoms with Crippen molar-refractivity contribution >= 4 is 44.8 Å². The standard InChI is InChI=1S/C30H27Cl2N3O3S/c1-15-9-18-11-19(12-21(15)30(18,36)29-34-24-8-5-16(13-33)10-25(24)39-29)37-14-20-27(35-38-28(20)17-6-7-17)26-22(31)3-2-4-23(26)32/h2-5,8,10,15,17-19,21,36H,6-7,9,11-12,14H2,1H3/t15-,18+,19+,21+,30-/m0/s1. The molecule has 3 aliphatic rings. The number of hydrogen-bond acceptors (Lipinski definition) is 7. The van der Waals surface area contributed by atoms with Crippen LogP contribution in [0, 0.1) is 29.1 Å². The van der Waals surface area contributed by atoms with Gasteiger partial charge in [-0.05, 0) is 80.2 Å². The molecule has 0 amide bonds. The van der Waals surface area contributed by atoms with Crippen molar-refractivity contribution in [3.05, 3.63) is 68.3 Å². The fourth-order valence-electron chi connectivity index (χ4n) is 6.80. The number of fused-ring (bicyclic) bond motifs is 3. The van der Waals surface area contributed by atoms with Gasteiger partial charge < -0.3 is 14.4 Å². The van der Waals surface area contributed by atoms with E-state index in [0.717, 1.165) is 58.7 Å². The van der Waals surface area contributed by atoms with Crippen LogP contribution >= 0.6 is 34.5 Å². The first kappa shape index (κ1) is 25.5. The molecule has 0 saturated heterocycles. The van der Waals surface area contributed by atoms with Crippen molar-refractivity contribution < 1.29 is 14.4 Å². The van der Waals surface area contributed by atoms with Crippen LogP contribution in [0.4, 0.5) is 0 Å². The zero-order valence-corrected chi connectivity index (χ0v) is 23.7. The molecule has 200 valence electrons. The molecule has 2 heterocycles. The van der Waals surface area contributed by atoms with E-state index in [1.807, 2.05) is 30.3 Å². The molecule has 9 heteroatoms. The van der Waals surface area contributed by atoms with E-state index in [9.17, 15) is 10.4 Å². The second kappa shape index (κ2) is 9.57. The summed E-state index contributed by atoms with van der Waals surface area (Å²) in [6.07, 6.45) is 4.59. The summed E-state index contributed by atoms with van der Waals surface area (Å²) in [5, 5.41) is 27.7. The minimum atomic E-state index is -0.984. The molecule has 3 aliphatic carbocycles. The number of nitriles is 1. The lowest BCUT2D eigenvalue weighted by Gasteiger charge is -2.41. The Balaban J connectivity index is 1.15. The number of rotatable bonds is 6. The van der Waals surface area contributed by atoms with E-state index >= 15 is 0 Å². The molecule has 2 bridgehead atoms. The van der Waals surface area contributed by atoms with Gasteiger partial charge in [0.2, 0.25) is 0 Å². The summed E-state index contributed by atoms with van der Waals surface area (Å²) >= 11 is 14.6. The van der Waals surface area contributed by atoms with Gasteiger partial charge in [0.15, 0.2) is 0 Å². The van der Waals surface area contributed by atoms with Crippen LogP contribution in [0.25, 0.3) is 21.5 Å². The van der Waals surface area contributed by atoms with Gasteiger partial charge in [-0.3, -0.25) is 0 Å². The summed E-state index contributed by atoms with van der Waals surface area (Å²) < 4.78 is 13.3. The summed E-state index contributed by atoms with van der Waals surface area (Å²) in [6, 6.07) is 13.1. The number of hydrogen-bond donors (Lipinski definition) is 1. The molecule has 2 aromatic heterocycles. The van der Waals surface area contributed by atoms with Crippen LogP contribution < -0.4 is 0 Å². The lowest BCUT2D eigenvalue weighted by molar-refractivity contribution is -0.120. The summed E-state index contributed by atoms with van der Waals surface area (Å²) in [4.78, 5) is 4.84. The Morgan fingerprint density at radius 3 is 2.69 bits per heavy atom. The monoisotopic (exact) mass is 579 g/mol. The Bertz CT molecular complexity index is 1600. The van der Waals surface area contributed by atoms with E-state index in [1.54, 1.807) is 6.07 Å². The van der Waals surface area contributed by atoms with Crippen molar-refractivity contribution in [1.82, 2.24) is 10.1 Å². The Kier molecular flexibility index (Phi) is 6.26. The number of aliphatic hydroxyl groups is 1. The van der Waals surface area contributed by atoms with Crippen LogP contribution in [0.15, 0.2) is 40.9 Å². The third-order valence-electron chi connectivity index (χ3n) is 8.88. The number of thiazole rings is 1. The summed E-state index contributed by atoms with van der Waals surface area (Å²) in [5.74, 6) is 1.68. The molecule has 1 N–H and O–H groups in total. The molecule has 3 fully saturated rings. The van der Waals surface area contributed by atoms with E-state index in [4.69, 9.17) is 37.4 Å². The Morgan fingerprint density at radius 1 is 1.18 bits per heavy atom. The first-order valence-electron chi connectivity index (χ1n) is 13.4. The molecular formula is C30H27Cl2N3O3S. The predicted octanol–water partition coefficient (Wildman–Crippen LogP) is 7.85. The summed E-state index contributed by atoms with van der Waals surface area (Å²) in [7, 11) is 0. The van der Waals surface area contributed by atoms with Crippen molar-refractivity contribution in [2.75, 3.05) is 0 Å². The highest BCUT2D eigenvalue weighted by Crippen LogP contribution is 2.59. The molecule has 3 saturated carbocycles. The Morgan fingerprint density at radius 2 is 1.97 bits per heavy atom. The molecule has 0 radical (unpaired) electrons. The number of benzene rings is 2. The minimum Gasteiger partial charge on any atom is -0.382 e. The van der Waals surface area contributed by atoms with Crippen LogP contribution in [-0.2, 0) is 16.9 Å². The van der Waals surface area contributed by atoms with Crippen LogP contribution in [0.2, 0.25) is 10.0 Å². The van der Waals surface area contributed by atoms with Gasteiger partial charge in [-0.1, -0.05) is 41.3 Å². The van der Waals surface area contributed by atoms with Gasteiger partial charge in [0.05, 0.1) is 44.6 Å². The summed E-state index contributed by atoms with van der Waals surface area (Å²) in [5.41, 5.74) is 2.71. The van der Waals surface area contributed by atoms with Crippen LogP contribution in [0.1, 0.15) is 66.8 Å². The number of ether oxygens (including phenoxy) is 1. The van der Waals surface area contributed by atoms with E-state index in [-0.39, 0.29) is 17.9 Å². The number of nitrogens with zero attached hydrogens (tertiary/aromatic N) is 3. The molecule has 0 aliphatic heterocycles. The van der Waals surface area contributed by atoms with Crippen molar-refractivity contribution in [3.63, 3.8) is 0 Å². The Hall–Kier alpha value is -2.47. The third kappa shape index (κ3) is 4.20. The van der Waals surface area contributed by atoms with Crippen LogP contribution in [0.3, 0.4) is 0 Å². The van der Waals surface area contributed by atoms with Gasteiger partial charge in [-0.15, -0.1) is 11.3 Å². The van der Waals surface area contributed by atoms with Gasteiger partial charge in [-0.2, -0.15) is 5.26 Å². The largest absolute Gasteiger partial charge is 0.382 e. The molecule has 4 aromatic rings. The van der Waals surface area contributed by atoms with Crippen LogP contribution in [0.5, 0.6) is 0 Å². The minimum absolute atomic E-state index is 0.00122. The average Bonchev–Trinajstić information content (AvgIpc) is 3.52. The molecule has 0 spiro atoms. The average molecular weight is 581 g/mol. The van der Waals surface area contributed by atoms with E-state index in [1.165, 1.54) is 11.3 Å². The highest BCUT2D eigenvalue weighted by atomic mass is 35.5. The van der Waals surface area contributed by atoms with E-state index in [2.05, 4.69) is 18.1 Å². The highest BCUT2D eigenvalue weighted by molar-refractivity contribution is 7.18. The zero-order valence-electron chi connectivity index (χ0n) is 21.4. The van der Waals surface area contributed by atoms with E-state index in [0.29, 0.717) is 45.3 Å². The van der Waals surface area contributed by atoms with Crippen molar-refractivity contribution in [3.8, 4) is 17.3 Å². The maximum atomic E-state index is 12.2. The molecule has 6 nitrogen and oxygen atoms in total. The molecule has 7 rings (SSSR count). The van der Waals surface area contributed by atoms with Crippen molar-refractivity contribution in [2.45, 2.75) is 63.3 Å². The fraction of sp³-hybridized carbons (Fsp3) is 0.433. The smallest absolute Gasteiger partial charge is 0.145 e. The first-order chi connectivity index (χ1) is 18.9. The number of halogens is 2. The summed E-state index contributed by atoms with van der Waals surface area (Å²) in [6.45, 7) is 2.59. The molecular weight excluding hydrogens is 553 g/mol. The molecule has 0 unspecified atom stereocenters. The van der Waals surface area contributed by atoms with Gasteiger partial charge in [0.25, 0.3) is 0 Å². The third-order valence-corrected chi connectivity index (χ3v) is 10.7. The topological polar surface area (TPSA) is 92.2 Å². The normalized spacial score (nSPS) is 28.2. The maximum Gasteiger partial charge on any atom is 0.145 e. The molecule has 5 atom stereocenters. The van der Waals surface area contributed by atoms with Crippen LogP contribution in [-0.4, -0.2) is 21.4 Å². The lowest BCUT2D eigenvalue weighted by atomic mass is 9.72.